The minimum atomic E-state index is -0.166. The summed E-state index contributed by atoms with van der Waals surface area (Å²) in [6, 6.07) is 7.08. The molecular formula is C13H18FN. The van der Waals surface area contributed by atoms with Gasteiger partial charge in [-0.05, 0) is 36.5 Å². The lowest BCUT2D eigenvalue weighted by Gasteiger charge is -2.21. The smallest absolute Gasteiger partial charge is 0.123 e. The van der Waals surface area contributed by atoms with Gasteiger partial charge in [0.2, 0.25) is 0 Å². The van der Waals surface area contributed by atoms with Gasteiger partial charge < -0.3 is 5.73 Å². The number of nitrogens with two attached hydrogens (primary N) is 1. The van der Waals surface area contributed by atoms with E-state index < -0.39 is 0 Å². The first-order chi connectivity index (χ1) is 7.27. The SMILES string of the molecule is NC1CCCCCC1c1ccc(F)cc1. The quantitative estimate of drug-likeness (QED) is 0.703. The molecule has 0 bridgehead atoms. The topological polar surface area (TPSA) is 26.0 Å². The van der Waals surface area contributed by atoms with E-state index in [4.69, 9.17) is 5.73 Å². The molecule has 1 nitrogen and oxygen atoms in total. The van der Waals surface area contributed by atoms with Crippen LogP contribution in [0.15, 0.2) is 24.3 Å². The van der Waals surface area contributed by atoms with Gasteiger partial charge in [0.05, 0.1) is 0 Å². The zero-order valence-electron chi connectivity index (χ0n) is 8.95. The van der Waals surface area contributed by atoms with Crippen LogP contribution in [-0.4, -0.2) is 6.04 Å². The van der Waals surface area contributed by atoms with E-state index >= 15 is 0 Å². The van der Waals surface area contributed by atoms with Crippen LogP contribution in [0.5, 0.6) is 0 Å². The van der Waals surface area contributed by atoms with Crippen molar-refractivity contribution >= 4 is 0 Å². The number of hydrogen-bond acceptors (Lipinski definition) is 1. The van der Waals surface area contributed by atoms with Crippen LogP contribution in [0.3, 0.4) is 0 Å². The van der Waals surface area contributed by atoms with Crippen LogP contribution < -0.4 is 5.73 Å². The van der Waals surface area contributed by atoms with Crippen LogP contribution in [0, 0.1) is 5.82 Å². The summed E-state index contributed by atoms with van der Waals surface area (Å²) in [4.78, 5) is 0. The molecule has 2 atom stereocenters. The zero-order valence-corrected chi connectivity index (χ0v) is 8.95. The highest BCUT2D eigenvalue weighted by atomic mass is 19.1. The molecule has 1 saturated carbocycles. The van der Waals surface area contributed by atoms with Crippen LogP contribution in [0.4, 0.5) is 4.39 Å². The lowest BCUT2D eigenvalue weighted by atomic mass is 9.88. The van der Waals surface area contributed by atoms with Gasteiger partial charge in [0, 0.05) is 6.04 Å². The average Bonchev–Trinajstić information content (AvgIpc) is 2.44. The average molecular weight is 207 g/mol. The lowest BCUT2D eigenvalue weighted by Crippen LogP contribution is -2.27. The lowest BCUT2D eigenvalue weighted by molar-refractivity contribution is 0.504. The van der Waals surface area contributed by atoms with Gasteiger partial charge in [-0.15, -0.1) is 0 Å². The summed E-state index contributed by atoms with van der Waals surface area (Å²) in [5.41, 5.74) is 7.36. The zero-order chi connectivity index (χ0) is 10.7. The molecule has 1 aromatic rings. The number of halogens is 1. The molecule has 82 valence electrons. The minimum absolute atomic E-state index is 0.166. The van der Waals surface area contributed by atoms with E-state index in [1.54, 1.807) is 0 Å². The standard InChI is InChI=1S/C13H18FN/c14-11-8-6-10(7-9-11)12-4-2-1-3-5-13(12)15/h6-9,12-13H,1-5,15H2. The fourth-order valence-corrected chi connectivity index (χ4v) is 2.46. The maximum absolute atomic E-state index is 12.8. The summed E-state index contributed by atoms with van der Waals surface area (Å²) in [6.45, 7) is 0. The highest BCUT2D eigenvalue weighted by molar-refractivity contribution is 5.22. The molecule has 15 heavy (non-hydrogen) atoms. The fourth-order valence-electron chi connectivity index (χ4n) is 2.46. The summed E-state index contributed by atoms with van der Waals surface area (Å²) in [5, 5.41) is 0. The maximum atomic E-state index is 12.8. The van der Waals surface area contributed by atoms with Gasteiger partial charge in [-0.2, -0.15) is 0 Å². The summed E-state index contributed by atoms with van der Waals surface area (Å²) >= 11 is 0. The summed E-state index contributed by atoms with van der Waals surface area (Å²) in [6.07, 6.45) is 6.01. The molecule has 0 radical (unpaired) electrons. The first-order valence-corrected chi connectivity index (χ1v) is 5.78. The van der Waals surface area contributed by atoms with Crippen LogP contribution in [0.25, 0.3) is 0 Å². The van der Waals surface area contributed by atoms with E-state index in [-0.39, 0.29) is 11.9 Å². The number of rotatable bonds is 1. The Bertz CT molecular complexity index is 307. The second-order valence-corrected chi connectivity index (χ2v) is 4.46. The normalized spacial score (nSPS) is 27.3. The van der Waals surface area contributed by atoms with Gasteiger partial charge >= 0.3 is 0 Å². The molecule has 1 fully saturated rings. The molecule has 2 N–H and O–H groups in total. The van der Waals surface area contributed by atoms with Gasteiger partial charge in [-0.1, -0.05) is 31.4 Å². The first-order valence-electron chi connectivity index (χ1n) is 5.78. The first kappa shape index (κ1) is 10.6. The number of hydrogen-bond donors (Lipinski definition) is 1. The highest BCUT2D eigenvalue weighted by Gasteiger charge is 2.21. The third-order valence-corrected chi connectivity index (χ3v) is 3.37. The third-order valence-electron chi connectivity index (χ3n) is 3.37. The molecule has 2 rings (SSSR count). The Morgan fingerprint density at radius 2 is 1.67 bits per heavy atom. The van der Waals surface area contributed by atoms with Crippen molar-refractivity contribution in [2.24, 2.45) is 5.73 Å². The minimum Gasteiger partial charge on any atom is -0.327 e. The molecule has 2 heteroatoms. The van der Waals surface area contributed by atoms with E-state index in [2.05, 4.69) is 0 Å². The van der Waals surface area contributed by atoms with Gasteiger partial charge in [-0.25, -0.2) is 4.39 Å². The Morgan fingerprint density at radius 1 is 1.00 bits per heavy atom. The van der Waals surface area contributed by atoms with Crippen molar-refractivity contribution in [3.05, 3.63) is 35.6 Å². The summed E-state index contributed by atoms with van der Waals surface area (Å²) in [7, 11) is 0. The molecule has 0 amide bonds. The number of benzene rings is 1. The van der Waals surface area contributed by atoms with Gasteiger partial charge in [-0.3, -0.25) is 0 Å². The second kappa shape index (κ2) is 4.75. The highest BCUT2D eigenvalue weighted by Crippen LogP contribution is 2.30. The van der Waals surface area contributed by atoms with Crippen molar-refractivity contribution in [2.75, 3.05) is 0 Å². The molecular weight excluding hydrogens is 189 g/mol. The molecule has 0 saturated heterocycles. The van der Waals surface area contributed by atoms with Crippen LogP contribution in [0.2, 0.25) is 0 Å². The van der Waals surface area contributed by atoms with Crippen molar-refractivity contribution in [1.29, 1.82) is 0 Å². The molecule has 0 heterocycles. The summed E-state index contributed by atoms with van der Waals surface area (Å²) in [5.74, 6) is 0.258. The van der Waals surface area contributed by atoms with Gasteiger partial charge in [0.25, 0.3) is 0 Å². The van der Waals surface area contributed by atoms with Crippen molar-refractivity contribution in [2.45, 2.75) is 44.1 Å². The Morgan fingerprint density at radius 3 is 2.40 bits per heavy atom. The van der Waals surface area contributed by atoms with Crippen LogP contribution >= 0.6 is 0 Å². The Hall–Kier alpha value is -0.890. The largest absolute Gasteiger partial charge is 0.327 e. The Kier molecular flexibility index (Phi) is 3.37. The van der Waals surface area contributed by atoms with Crippen LogP contribution in [-0.2, 0) is 0 Å². The molecule has 1 aromatic carbocycles. The molecule has 1 aliphatic carbocycles. The second-order valence-electron chi connectivity index (χ2n) is 4.46. The molecule has 0 spiro atoms. The monoisotopic (exact) mass is 207 g/mol. The van der Waals surface area contributed by atoms with E-state index in [1.165, 1.54) is 37.0 Å². The predicted molar refractivity (Wildman–Crippen MR) is 60.2 cm³/mol. The molecule has 1 aliphatic rings. The van der Waals surface area contributed by atoms with Crippen molar-refractivity contribution in [3.8, 4) is 0 Å². The fraction of sp³-hybridized carbons (Fsp3) is 0.538. The van der Waals surface area contributed by atoms with E-state index in [0.29, 0.717) is 5.92 Å². The van der Waals surface area contributed by atoms with Crippen molar-refractivity contribution in [3.63, 3.8) is 0 Å². The van der Waals surface area contributed by atoms with Crippen molar-refractivity contribution in [1.82, 2.24) is 0 Å². The molecule has 0 aliphatic heterocycles. The van der Waals surface area contributed by atoms with E-state index in [9.17, 15) is 4.39 Å². The van der Waals surface area contributed by atoms with E-state index in [0.717, 1.165) is 12.8 Å². The van der Waals surface area contributed by atoms with Gasteiger partial charge in [0.1, 0.15) is 5.82 Å². The summed E-state index contributed by atoms with van der Waals surface area (Å²) < 4.78 is 12.8. The Labute approximate surface area is 90.5 Å². The third kappa shape index (κ3) is 2.57. The maximum Gasteiger partial charge on any atom is 0.123 e. The molecule has 0 aromatic heterocycles. The Balaban J connectivity index is 2.16. The van der Waals surface area contributed by atoms with E-state index in [1.807, 2.05) is 12.1 Å². The van der Waals surface area contributed by atoms with Crippen molar-refractivity contribution < 1.29 is 4.39 Å². The molecule has 2 unspecified atom stereocenters. The van der Waals surface area contributed by atoms with Crippen LogP contribution in [0.1, 0.15) is 43.6 Å². The van der Waals surface area contributed by atoms with Gasteiger partial charge in [0.15, 0.2) is 0 Å². The predicted octanol–water partition coefficient (Wildman–Crippen LogP) is 3.20.